The molecule has 2 amide bonds. The van der Waals surface area contributed by atoms with Crippen molar-refractivity contribution in [2.24, 2.45) is 17.2 Å². The Hall–Kier alpha value is -3.62. The Labute approximate surface area is 240 Å². The van der Waals surface area contributed by atoms with Crippen molar-refractivity contribution in [2.75, 3.05) is 18.6 Å². The number of nitrogens with zero attached hydrogens (tertiary/aromatic N) is 1. The van der Waals surface area contributed by atoms with Crippen molar-refractivity contribution >= 4 is 41.9 Å². The van der Waals surface area contributed by atoms with Gasteiger partial charge in [0.25, 0.3) is 0 Å². The number of anilines is 1. The average Bonchev–Trinajstić information content (AvgIpc) is 3.50. The zero-order valence-electron chi connectivity index (χ0n) is 21.1. The Morgan fingerprint density at radius 2 is 1.78 bits per heavy atom. The monoisotopic (exact) mass is 617 g/mol. The van der Waals surface area contributed by atoms with Crippen molar-refractivity contribution in [1.82, 2.24) is 4.98 Å². The number of carbonyl (C=O) groups is 2. The largest absolute Gasteiger partial charge is 0.490 e. The number of ether oxygens (including phenoxy) is 1. The van der Waals surface area contributed by atoms with Gasteiger partial charge in [-0.1, -0.05) is 23.4 Å². The van der Waals surface area contributed by atoms with Gasteiger partial charge in [-0.15, -0.1) is 0 Å². The summed E-state index contributed by atoms with van der Waals surface area (Å²) in [5.41, 5.74) is 15.3. The third kappa shape index (κ3) is 7.57. The van der Waals surface area contributed by atoms with Crippen LogP contribution in [0.15, 0.2) is 47.4 Å². The number of rotatable bonds is 5. The van der Waals surface area contributed by atoms with Gasteiger partial charge in [0.2, 0.25) is 12.8 Å². The van der Waals surface area contributed by atoms with Gasteiger partial charge in [-0.3, -0.25) is 14.0 Å². The maximum absolute atomic E-state index is 14.4. The Morgan fingerprint density at radius 3 is 2.37 bits per heavy atom. The fourth-order valence-corrected chi connectivity index (χ4v) is 5.64. The van der Waals surface area contributed by atoms with Crippen molar-refractivity contribution in [3.05, 3.63) is 70.1 Å². The summed E-state index contributed by atoms with van der Waals surface area (Å²) in [7, 11) is 0. The Kier molecular flexibility index (Phi) is 10.8. The summed E-state index contributed by atoms with van der Waals surface area (Å²) in [5, 5.41) is 3.25. The van der Waals surface area contributed by atoms with Gasteiger partial charge in [0, 0.05) is 16.0 Å². The van der Waals surface area contributed by atoms with E-state index < -0.39 is 42.4 Å². The first-order valence-corrected chi connectivity index (χ1v) is 13.1. The predicted octanol–water partition coefficient (Wildman–Crippen LogP) is 4.84. The molecule has 8 nitrogen and oxygen atoms in total. The molecule has 41 heavy (non-hydrogen) atoms. The first kappa shape index (κ1) is 31.9. The van der Waals surface area contributed by atoms with Crippen molar-refractivity contribution in [3.8, 4) is 17.0 Å². The van der Waals surface area contributed by atoms with E-state index in [0.717, 1.165) is 0 Å². The number of nitrogens with one attached hydrogen (secondary N) is 1. The quantitative estimate of drug-likeness (QED) is 0.237. The van der Waals surface area contributed by atoms with Crippen LogP contribution in [-0.2, 0) is 16.0 Å². The number of hydrogen-bond donors (Lipinski definition) is 4. The van der Waals surface area contributed by atoms with Crippen LogP contribution in [0, 0.1) is 5.82 Å². The smallest absolute Gasteiger partial charge is 0.397 e. The fourth-order valence-electron chi connectivity index (χ4n) is 4.33. The lowest BCUT2D eigenvalue weighted by molar-refractivity contribution is -0.151. The summed E-state index contributed by atoms with van der Waals surface area (Å²) >= 11 is 7.57. The van der Waals surface area contributed by atoms with Gasteiger partial charge in [0.15, 0.2) is 0 Å². The van der Waals surface area contributed by atoms with Crippen LogP contribution >= 0.6 is 23.4 Å². The van der Waals surface area contributed by atoms with Crippen LogP contribution in [-0.4, -0.2) is 42.8 Å². The Morgan fingerprint density at radius 1 is 1.15 bits per heavy atom. The third-order valence-electron chi connectivity index (χ3n) is 6.04. The van der Waals surface area contributed by atoms with Crippen molar-refractivity contribution in [1.29, 1.82) is 0 Å². The molecule has 3 atom stereocenters. The number of hydrogen-bond acceptors (Lipinski definition) is 7. The highest BCUT2D eigenvalue weighted by Gasteiger charge is 2.43. The van der Waals surface area contributed by atoms with Crippen molar-refractivity contribution in [2.45, 2.75) is 34.8 Å². The molecule has 0 radical (unpaired) electrons. The maximum Gasteiger partial charge on any atom is 0.397 e. The van der Waals surface area contributed by atoms with Gasteiger partial charge < -0.3 is 27.3 Å². The minimum absolute atomic E-state index is 0.00719. The van der Waals surface area contributed by atoms with E-state index in [-0.39, 0.29) is 41.6 Å². The van der Waals surface area contributed by atoms with Crippen LogP contribution < -0.4 is 27.3 Å². The SMILES string of the molecule is NC1Nc2c(Cl)cc(CC(c3cc4c(c(-c5ccc(F)cc5)n3)OCC4CF)C(F)(F)F)cc2S1.NC=O.NC=O. The molecule has 2 aliphatic heterocycles. The molecule has 2 aliphatic rings. The van der Waals surface area contributed by atoms with E-state index in [1.165, 1.54) is 48.2 Å². The molecular weight excluding hydrogens is 593 g/mol. The number of amides is 2. The summed E-state index contributed by atoms with van der Waals surface area (Å²) in [6.45, 7) is -0.798. The van der Waals surface area contributed by atoms with E-state index in [1.54, 1.807) is 6.07 Å². The summed E-state index contributed by atoms with van der Waals surface area (Å²) in [6, 6.07) is 9.57. The van der Waals surface area contributed by atoms with Gasteiger partial charge in [0.1, 0.15) is 28.7 Å². The van der Waals surface area contributed by atoms with Crippen LogP contribution in [0.2, 0.25) is 5.02 Å². The minimum atomic E-state index is -4.65. The number of carbonyl (C=O) groups excluding carboxylic acids is 2. The Bertz CT molecular complexity index is 1380. The number of fused-ring (bicyclic) bond motifs is 2. The predicted molar refractivity (Wildman–Crippen MR) is 146 cm³/mol. The van der Waals surface area contributed by atoms with E-state index in [1.807, 2.05) is 0 Å². The van der Waals surface area contributed by atoms with E-state index in [0.29, 0.717) is 27.3 Å². The molecule has 0 saturated carbocycles. The maximum atomic E-state index is 14.4. The van der Waals surface area contributed by atoms with Gasteiger partial charge in [-0.2, -0.15) is 13.2 Å². The van der Waals surface area contributed by atoms with Gasteiger partial charge in [-0.25, -0.2) is 9.37 Å². The first-order valence-electron chi connectivity index (χ1n) is 11.8. The summed E-state index contributed by atoms with van der Waals surface area (Å²) in [6.07, 6.45) is -4.58. The van der Waals surface area contributed by atoms with Gasteiger partial charge in [-0.05, 0) is 54.4 Å². The molecule has 3 unspecified atom stereocenters. The molecule has 5 rings (SSSR count). The number of benzene rings is 2. The van der Waals surface area contributed by atoms with Crippen LogP contribution in [0.5, 0.6) is 5.75 Å². The number of halogens is 6. The number of pyridine rings is 1. The molecule has 1 aromatic heterocycles. The van der Waals surface area contributed by atoms with Crippen molar-refractivity contribution in [3.63, 3.8) is 0 Å². The van der Waals surface area contributed by atoms with Crippen LogP contribution in [0.1, 0.15) is 28.7 Å². The standard InChI is InChI=1S/C24H19ClF5N3OS.2CH3NO/c25-17-6-11(7-19-21(17)33-23(31)35-19)5-16(24(28,29)30)18-8-15-13(9-26)10-34-22(15)20(32-18)12-1-3-14(27)4-2-12;2*2-1-3/h1-4,6-8,13,16,23,33H,5,9-10,31H2;2*1H,(H2,2,3). The molecule has 0 saturated heterocycles. The third-order valence-corrected chi connectivity index (χ3v) is 7.29. The highest BCUT2D eigenvalue weighted by Crippen LogP contribution is 2.47. The fraction of sp³-hybridized carbons (Fsp3) is 0.269. The van der Waals surface area contributed by atoms with Crippen LogP contribution in [0.3, 0.4) is 0 Å². The number of thioether (sulfide) groups is 1. The second kappa shape index (κ2) is 13.8. The van der Waals surface area contributed by atoms with Crippen molar-refractivity contribution < 1.29 is 36.3 Å². The lowest BCUT2D eigenvalue weighted by atomic mass is 9.91. The zero-order chi connectivity index (χ0) is 30.3. The Balaban J connectivity index is 0.000000710. The molecule has 3 aromatic rings. The lowest BCUT2D eigenvalue weighted by Crippen LogP contribution is -2.24. The van der Waals surface area contributed by atoms with Crippen LogP contribution in [0.25, 0.3) is 11.3 Å². The molecule has 0 spiro atoms. The first-order chi connectivity index (χ1) is 19.5. The molecule has 7 N–H and O–H groups in total. The highest BCUT2D eigenvalue weighted by molar-refractivity contribution is 8.00. The van der Waals surface area contributed by atoms with E-state index in [4.69, 9.17) is 31.7 Å². The topological polar surface area (TPSA) is 146 Å². The molecule has 3 heterocycles. The van der Waals surface area contributed by atoms with E-state index >= 15 is 0 Å². The molecule has 0 fully saturated rings. The number of alkyl halides is 4. The minimum Gasteiger partial charge on any atom is -0.490 e. The average molecular weight is 618 g/mol. The number of aromatic nitrogens is 1. The molecule has 0 aliphatic carbocycles. The van der Waals surface area contributed by atoms with Gasteiger partial charge in [0.05, 0.1) is 35.6 Å². The zero-order valence-corrected chi connectivity index (χ0v) is 22.7. The van der Waals surface area contributed by atoms with E-state index in [2.05, 4.69) is 21.8 Å². The van der Waals surface area contributed by atoms with Crippen LogP contribution in [0.4, 0.5) is 27.6 Å². The molecule has 2 aromatic carbocycles. The second-order valence-corrected chi connectivity index (χ2v) is 10.3. The normalized spacial score (nSPS) is 17.3. The lowest BCUT2D eigenvalue weighted by Gasteiger charge is -2.22. The number of primary amides is 2. The molecule has 220 valence electrons. The van der Waals surface area contributed by atoms with E-state index in [9.17, 15) is 22.0 Å². The molecular formula is C26H25ClF5N5O3S. The number of nitrogens with two attached hydrogens (primary N) is 3. The molecule has 15 heteroatoms. The summed E-state index contributed by atoms with van der Waals surface area (Å²) < 4.78 is 75.9. The van der Waals surface area contributed by atoms with Gasteiger partial charge >= 0.3 is 6.18 Å². The molecule has 0 bridgehead atoms. The highest BCUT2D eigenvalue weighted by atomic mass is 35.5. The second-order valence-electron chi connectivity index (χ2n) is 8.69. The summed E-state index contributed by atoms with van der Waals surface area (Å²) in [5.74, 6) is -2.98. The summed E-state index contributed by atoms with van der Waals surface area (Å²) in [4.78, 5) is 22.2.